The second kappa shape index (κ2) is 8.16. The standard InChI is InChI=1S/C16H33NO/c1-5-7-8-9-10-11-12-18-15-13-14(17-4)16(15,3)6-2/h14-15,17H,5-13H2,1-4H3. The Morgan fingerprint density at radius 3 is 2.39 bits per heavy atom. The molecule has 1 saturated carbocycles. The minimum absolute atomic E-state index is 0.358. The van der Waals surface area contributed by atoms with Crippen LogP contribution in [0.1, 0.15) is 72.1 Å². The molecule has 0 aliphatic heterocycles. The third kappa shape index (κ3) is 3.96. The first-order chi connectivity index (χ1) is 8.69. The number of nitrogens with one attached hydrogen (secondary N) is 1. The number of rotatable bonds is 10. The normalized spacial score (nSPS) is 31.3. The fraction of sp³-hybridized carbons (Fsp3) is 1.00. The molecule has 1 aliphatic carbocycles. The zero-order chi connectivity index (χ0) is 13.4. The molecule has 18 heavy (non-hydrogen) atoms. The Morgan fingerprint density at radius 1 is 1.11 bits per heavy atom. The van der Waals surface area contributed by atoms with Crippen molar-refractivity contribution in [1.82, 2.24) is 5.32 Å². The van der Waals surface area contributed by atoms with E-state index in [2.05, 4.69) is 33.1 Å². The fourth-order valence-electron chi connectivity index (χ4n) is 3.10. The van der Waals surface area contributed by atoms with Crippen molar-refractivity contribution in [2.45, 2.75) is 84.3 Å². The van der Waals surface area contributed by atoms with Gasteiger partial charge in [-0.15, -0.1) is 0 Å². The van der Waals surface area contributed by atoms with Gasteiger partial charge in [0.2, 0.25) is 0 Å². The van der Waals surface area contributed by atoms with Gasteiger partial charge in [0.05, 0.1) is 6.10 Å². The topological polar surface area (TPSA) is 21.3 Å². The van der Waals surface area contributed by atoms with E-state index >= 15 is 0 Å². The van der Waals surface area contributed by atoms with Crippen LogP contribution >= 0.6 is 0 Å². The quantitative estimate of drug-likeness (QED) is 0.592. The van der Waals surface area contributed by atoms with E-state index in [1.807, 2.05) is 0 Å². The molecule has 1 fully saturated rings. The summed E-state index contributed by atoms with van der Waals surface area (Å²) in [7, 11) is 2.07. The van der Waals surface area contributed by atoms with E-state index in [1.165, 1.54) is 51.4 Å². The van der Waals surface area contributed by atoms with Gasteiger partial charge in [0.15, 0.2) is 0 Å². The summed E-state index contributed by atoms with van der Waals surface area (Å²) in [6, 6.07) is 0.650. The van der Waals surface area contributed by atoms with Crippen LogP contribution in [0.5, 0.6) is 0 Å². The lowest BCUT2D eigenvalue weighted by Gasteiger charge is -2.53. The first-order valence-corrected chi connectivity index (χ1v) is 7.97. The second-order valence-electron chi connectivity index (χ2n) is 6.06. The lowest BCUT2D eigenvalue weighted by atomic mass is 9.61. The maximum Gasteiger partial charge on any atom is 0.0658 e. The van der Waals surface area contributed by atoms with Crippen molar-refractivity contribution in [2.75, 3.05) is 13.7 Å². The molecule has 1 N–H and O–H groups in total. The van der Waals surface area contributed by atoms with Crippen molar-refractivity contribution in [3.8, 4) is 0 Å². The molecular formula is C16H33NO. The number of ether oxygens (including phenoxy) is 1. The predicted molar refractivity (Wildman–Crippen MR) is 79.0 cm³/mol. The first-order valence-electron chi connectivity index (χ1n) is 7.97. The van der Waals surface area contributed by atoms with Crippen LogP contribution < -0.4 is 5.32 Å². The molecule has 0 aromatic rings. The van der Waals surface area contributed by atoms with Crippen molar-refractivity contribution in [3.63, 3.8) is 0 Å². The lowest BCUT2D eigenvalue weighted by Crippen LogP contribution is -2.61. The maximum absolute atomic E-state index is 6.08. The van der Waals surface area contributed by atoms with Gasteiger partial charge in [0.1, 0.15) is 0 Å². The molecule has 0 saturated heterocycles. The lowest BCUT2D eigenvalue weighted by molar-refractivity contribution is -0.127. The summed E-state index contributed by atoms with van der Waals surface area (Å²) in [5.41, 5.74) is 0.358. The van der Waals surface area contributed by atoms with Crippen molar-refractivity contribution in [3.05, 3.63) is 0 Å². The van der Waals surface area contributed by atoms with Crippen molar-refractivity contribution in [2.24, 2.45) is 5.41 Å². The summed E-state index contributed by atoms with van der Waals surface area (Å²) in [5, 5.41) is 3.42. The second-order valence-corrected chi connectivity index (χ2v) is 6.06. The smallest absolute Gasteiger partial charge is 0.0658 e. The van der Waals surface area contributed by atoms with Gasteiger partial charge in [0, 0.05) is 18.1 Å². The van der Waals surface area contributed by atoms with E-state index in [1.54, 1.807) is 0 Å². The summed E-state index contributed by atoms with van der Waals surface area (Å²) in [6.07, 6.45) is 11.0. The summed E-state index contributed by atoms with van der Waals surface area (Å²) in [6.45, 7) is 7.88. The molecule has 2 heteroatoms. The van der Waals surface area contributed by atoms with E-state index in [9.17, 15) is 0 Å². The van der Waals surface area contributed by atoms with Gasteiger partial charge >= 0.3 is 0 Å². The third-order valence-corrected chi connectivity index (χ3v) is 4.91. The Kier molecular flexibility index (Phi) is 7.25. The highest BCUT2D eigenvalue weighted by molar-refractivity contribution is 5.04. The Hall–Kier alpha value is -0.0800. The van der Waals surface area contributed by atoms with Gasteiger partial charge in [-0.1, -0.05) is 52.9 Å². The molecule has 0 aromatic carbocycles. The molecule has 108 valence electrons. The van der Waals surface area contributed by atoms with Gasteiger partial charge < -0.3 is 10.1 Å². The van der Waals surface area contributed by atoms with Crippen LogP contribution in [0.25, 0.3) is 0 Å². The molecule has 1 rings (SSSR count). The van der Waals surface area contributed by atoms with Gasteiger partial charge in [-0.3, -0.25) is 0 Å². The zero-order valence-electron chi connectivity index (χ0n) is 12.9. The molecule has 0 radical (unpaired) electrons. The fourth-order valence-corrected chi connectivity index (χ4v) is 3.10. The van der Waals surface area contributed by atoms with Gasteiger partial charge in [-0.25, -0.2) is 0 Å². The molecule has 2 nitrogen and oxygen atoms in total. The summed E-state index contributed by atoms with van der Waals surface area (Å²) >= 11 is 0. The maximum atomic E-state index is 6.08. The van der Waals surface area contributed by atoms with E-state index in [0.29, 0.717) is 17.6 Å². The van der Waals surface area contributed by atoms with E-state index < -0.39 is 0 Å². The number of hydrogen-bond donors (Lipinski definition) is 1. The zero-order valence-corrected chi connectivity index (χ0v) is 12.9. The molecule has 0 aromatic heterocycles. The largest absolute Gasteiger partial charge is 0.378 e. The Balaban J connectivity index is 2.06. The first kappa shape index (κ1) is 16.0. The van der Waals surface area contributed by atoms with Crippen LogP contribution in [0.15, 0.2) is 0 Å². The van der Waals surface area contributed by atoms with Crippen LogP contribution in [0, 0.1) is 5.41 Å². The average Bonchev–Trinajstić information content (AvgIpc) is 2.39. The highest BCUT2D eigenvalue weighted by Gasteiger charge is 2.50. The minimum atomic E-state index is 0.358. The Labute approximate surface area is 114 Å². The number of hydrogen-bond acceptors (Lipinski definition) is 2. The molecule has 3 atom stereocenters. The SMILES string of the molecule is CCCCCCCCOC1CC(NC)C1(C)CC. The molecule has 0 amide bonds. The van der Waals surface area contributed by atoms with E-state index in [4.69, 9.17) is 4.74 Å². The minimum Gasteiger partial charge on any atom is -0.378 e. The van der Waals surface area contributed by atoms with Crippen molar-refractivity contribution in [1.29, 1.82) is 0 Å². The van der Waals surface area contributed by atoms with Crippen molar-refractivity contribution < 1.29 is 4.74 Å². The van der Waals surface area contributed by atoms with Gasteiger partial charge in [0.25, 0.3) is 0 Å². The highest BCUT2D eigenvalue weighted by atomic mass is 16.5. The van der Waals surface area contributed by atoms with E-state index in [0.717, 1.165) is 6.61 Å². The Bertz CT molecular complexity index is 219. The van der Waals surface area contributed by atoms with Crippen LogP contribution in [0.2, 0.25) is 0 Å². The van der Waals surface area contributed by atoms with Gasteiger partial charge in [-0.2, -0.15) is 0 Å². The molecule has 0 bridgehead atoms. The Morgan fingerprint density at radius 2 is 1.78 bits per heavy atom. The molecular weight excluding hydrogens is 222 g/mol. The van der Waals surface area contributed by atoms with Gasteiger partial charge in [-0.05, 0) is 26.3 Å². The monoisotopic (exact) mass is 255 g/mol. The average molecular weight is 255 g/mol. The summed E-state index contributed by atoms with van der Waals surface area (Å²) in [5.74, 6) is 0. The molecule has 3 unspecified atom stereocenters. The molecule has 0 spiro atoms. The third-order valence-electron chi connectivity index (χ3n) is 4.91. The predicted octanol–water partition coefficient (Wildman–Crippen LogP) is 4.14. The van der Waals surface area contributed by atoms with Crippen LogP contribution in [0.4, 0.5) is 0 Å². The number of unbranched alkanes of at least 4 members (excludes halogenated alkanes) is 5. The van der Waals surface area contributed by atoms with Crippen LogP contribution in [0.3, 0.4) is 0 Å². The van der Waals surface area contributed by atoms with Crippen LogP contribution in [-0.2, 0) is 4.74 Å². The van der Waals surface area contributed by atoms with Crippen LogP contribution in [-0.4, -0.2) is 25.8 Å². The highest BCUT2D eigenvalue weighted by Crippen LogP contribution is 2.45. The molecule has 1 aliphatic rings. The summed E-state index contributed by atoms with van der Waals surface area (Å²) in [4.78, 5) is 0. The van der Waals surface area contributed by atoms with Crippen molar-refractivity contribution >= 4 is 0 Å². The van der Waals surface area contributed by atoms with E-state index in [-0.39, 0.29) is 0 Å². The summed E-state index contributed by atoms with van der Waals surface area (Å²) < 4.78 is 6.08. The molecule has 0 heterocycles.